The Hall–Kier alpha value is -10.3. The van der Waals surface area contributed by atoms with Gasteiger partial charge in [0, 0.05) is 42.9 Å². The SMILES string of the molecule is CC(C)C[C@H](NC(=O)[C@H](CCCN)NC(=O)[C@@H](N)C(C)C)C(=O)N[C@@H](Cc1ccc(O)cc1)C(=O)N1CCC[C@H]1C(=O)N[C@@H](Cc1ccccc1)C(=O)N[C@H](C(=O)N[C@@H](CC(N)=O)C(=O)N[C@@H](CC(=O)O)C(=O)N[C@@H](Cc1c[nH]c2ccccc12)C(=O)O)C(O)c1ccccc1. The van der Waals surface area contributed by atoms with E-state index in [-0.39, 0.29) is 81.2 Å². The topological polar surface area (TPSA) is 479 Å². The first-order valence-electron chi connectivity index (χ1n) is 31.7. The molecule has 516 valence electrons. The van der Waals surface area contributed by atoms with E-state index in [9.17, 15) is 73.2 Å². The number of phenolic OH excluding ortho intramolecular Hbond substituents is 1. The van der Waals surface area contributed by atoms with Gasteiger partial charge in [-0.3, -0.25) is 52.7 Å². The number of benzene rings is 4. The van der Waals surface area contributed by atoms with Crippen LogP contribution >= 0.6 is 0 Å². The lowest BCUT2D eigenvalue weighted by Gasteiger charge is -2.32. The standard InChI is InChI=1S/C67H87N13O16/c1-36(2)29-46(73-58(86)45(21-13-27-68)72-64(92)55(70)37(3)4)59(87)77-50(31-39-23-25-42(81)26-24-39)66(94)80-28-14-22-52(80)63(91)75-47(30-38-15-7-5-8-16-38)62(90)79-56(57(85)40-17-9-6-10-18-40)65(93)76-48(33-53(69)82)60(88)74-49(34-54(83)84)61(89)78-51(67(95)96)32-41-35-71-44-20-12-11-19-43(41)44/h5-12,15-20,23-26,35-37,45-52,55-57,71,81,85H,13-14,21-22,27-34,68,70H2,1-4H3,(H2,69,82)(H,72,92)(H,73,86)(H,74,88)(H,75,91)(H,76,93)(H,77,87)(H,78,89)(H,79,90)(H,83,84)(H,95,96)/t45-,46-,47-,48-,49-,50-,51-,52-,55-,56-,57?/m0/s1. The quantitative estimate of drug-likeness (QED) is 0.0245. The van der Waals surface area contributed by atoms with E-state index in [1.54, 1.807) is 74.5 Å². The molecule has 4 aromatic carbocycles. The number of H-pyrrole nitrogens is 1. The Morgan fingerprint density at radius 1 is 0.583 bits per heavy atom. The Morgan fingerprint density at radius 3 is 1.73 bits per heavy atom. The molecule has 29 nitrogen and oxygen atoms in total. The van der Waals surface area contributed by atoms with Crippen molar-refractivity contribution in [3.05, 3.63) is 138 Å². The van der Waals surface area contributed by atoms with Crippen LogP contribution in [0.3, 0.4) is 0 Å². The Morgan fingerprint density at radius 2 is 1.11 bits per heavy atom. The van der Waals surface area contributed by atoms with Crippen LogP contribution in [0.5, 0.6) is 5.75 Å². The number of para-hydroxylation sites is 1. The third-order valence-electron chi connectivity index (χ3n) is 16.2. The van der Waals surface area contributed by atoms with Crippen molar-refractivity contribution in [2.24, 2.45) is 29.0 Å². The number of carbonyl (C=O) groups is 12. The Kier molecular flexibility index (Phi) is 27.9. The molecule has 6 rings (SSSR count). The number of aromatic nitrogens is 1. The van der Waals surface area contributed by atoms with Crippen molar-refractivity contribution in [1.29, 1.82) is 0 Å². The van der Waals surface area contributed by atoms with Crippen molar-refractivity contribution >= 4 is 81.9 Å². The van der Waals surface area contributed by atoms with Gasteiger partial charge in [0.15, 0.2) is 0 Å². The van der Waals surface area contributed by atoms with Gasteiger partial charge in [-0.15, -0.1) is 0 Å². The molecule has 1 saturated heterocycles. The lowest BCUT2D eigenvalue weighted by molar-refractivity contribution is -0.144. The average molecular weight is 1330 g/mol. The summed E-state index contributed by atoms with van der Waals surface area (Å²) in [4.78, 5) is 171. The third kappa shape index (κ3) is 21.9. The number of fused-ring (bicyclic) bond motifs is 1. The van der Waals surface area contributed by atoms with Crippen LogP contribution in [0.25, 0.3) is 10.9 Å². The number of hydrogen-bond donors (Lipinski definition) is 16. The van der Waals surface area contributed by atoms with Crippen molar-refractivity contribution in [3.8, 4) is 5.75 Å². The number of aliphatic hydroxyl groups excluding tert-OH is 1. The number of rotatable bonds is 36. The molecule has 29 heteroatoms. The molecule has 0 saturated carbocycles. The van der Waals surface area contributed by atoms with E-state index in [1.165, 1.54) is 59.6 Å². The van der Waals surface area contributed by atoms with Crippen molar-refractivity contribution in [3.63, 3.8) is 0 Å². The number of likely N-dealkylation sites (tertiary alicyclic amines) is 1. The molecule has 1 aliphatic rings. The second-order valence-corrected chi connectivity index (χ2v) is 24.5. The average Bonchev–Trinajstić information content (AvgIpc) is 1.58. The molecule has 10 amide bonds. The fourth-order valence-electron chi connectivity index (χ4n) is 11.0. The van der Waals surface area contributed by atoms with Crippen molar-refractivity contribution in [2.75, 3.05) is 13.1 Å². The van der Waals surface area contributed by atoms with Gasteiger partial charge in [0.2, 0.25) is 59.1 Å². The first kappa shape index (κ1) is 74.8. The van der Waals surface area contributed by atoms with Crippen LogP contribution in [-0.2, 0) is 76.8 Å². The Bertz CT molecular complexity index is 3540. The maximum absolute atomic E-state index is 15.1. The largest absolute Gasteiger partial charge is 0.508 e. The number of primary amides is 1. The molecule has 2 heterocycles. The minimum atomic E-state index is -2.07. The molecule has 0 spiro atoms. The molecule has 5 aromatic rings. The van der Waals surface area contributed by atoms with E-state index in [4.69, 9.17) is 17.2 Å². The summed E-state index contributed by atoms with van der Waals surface area (Å²) in [6.45, 7) is 7.29. The van der Waals surface area contributed by atoms with Gasteiger partial charge in [0.25, 0.3) is 0 Å². The number of nitrogens with two attached hydrogens (primary N) is 3. The normalized spacial score (nSPS) is 16.0. The van der Waals surface area contributed by atoms with Crippen LogP contribution in [0, 0.1) is 11.8 Å². The monoisotopic (exact) mass is 1330 g/mol. The van der Waals surface area contributed by atoms with Gasteiger partial charge in [-0.05, 0) is 90.9 Å². The number of aliphatic hydroxyl groups is 1. The summed E-state index contributed by atoms with van der Waals surface area (Å²) in [5, 5.41) is 62.9. The predicted octanol–water partition coefficient (Wildman–Crippen LogP) is -0.293. The van der Waals surface area contributed by atoms with Gasteiger partial charge in [0.05, 0.1) is 18.9 Å². The molecule has 1 aliphatic heterocycles. The molecule has 19 N–H and O–H groups in total. The van der Waals surface area contributed by atoms with Crippen LogP contribution < -0.4 is 59.7 Å². The summed E-state index contributed by atoms with van der Waals surface area (Å²) < 4.78 is 0. The number of nitrogens with one attached hydrogen (secondary N) is 9. The summed E-state index contributed by atoms with van der Waals surface area (Å²) in [6, 6.07) is 13.1. The van der Waals surface area contributed by atoms with Gasteiger partial charge in [0.1, 0.15) is 66.2 Å². The molecular formula is C67H87N13O16. The van der Waals surface area contributed by atoms with Crippen LogP contribution in [0.2, 0.25) is 0 Å². The van der Waals surface area contributed by atoms with E-state index in [0.717, 1.165) is 0 Å². The van der Waals surface area contributed by atoms with Crippen LogP contribution in [0.1, 0.15) is 101 Å². The summed E-state index contributed by atoms with van der Waals surface area (Å²) >= 11 is 0. The number of carbonyl (C=O) groups excluding carboxylic acids is 10. The zero-order chi connectivity index (χ0) is 70.3. The summed E-state index contributed by atoms with van der Waals surface area (Å²) in [5.41, 5.74) is 19.6. The fourth-order valence-corrected chi connectivity index (χ4v) is 11.0. The molecule has 96 heavy (non-hydrogen) atoms. The molecule has 1 fully saturated rings. The lowest BCUT2D eigenvalue weighted by Crippen LogP contribution is -2.61. The predicted molar refractivity (Wildman–Crippen MR) is 350 cm³/mol. The van der Waals surface area contributed by atoms with E-state index in [1.807, 2.05) is 13.8 Å². The van der Waals surface area contributed by atoms with E-state index >= 15 is 4.79 Å². The summed E-state index contributed by atoms with van der Waals surface area (Å²) in [6.07, 6.45) is -2.38. The Balaban J connectivity index is 1.26. The van der Waals surface area contributed by atoms with Crippen LogP contribution in [0.4, 0.5) is 0 Å². The smallest absolute Gasteiger partial charge is 0.326 e. The van der Waals surface area contributed by atoms with Gasteiger partial charge in [-0.25, -0.2) is 4.79 Å². The second-order valence-electron chi connectivity index (χ2n) is 24.5. The Labute approximate surface area is 554 Å². The number of carboxylic acids is 2. The highest BCUT2D eigenvalue weighted by atomic mass is 16.4. The van der Waals surface area contributed by atoms with Crippen molar-refractivity contribution in [2.45, 2.75) is 158 Å². The van der Waals surface area contributed by atoms with E-state index < -0.39 is 150 Å². The minimum absolute atomic E-state index is 0.0104. The number of phenols is 1. The highest BCUT2D eigenvalue weighted by Crippen LogP contribution is 2.24. The fraction of sp³-hybridized carbons (Fsp3) is 0.433. The van der Waals surface area contributed by atoms with Crippen LogP contribution in [-0.4, -0.2) is 175 Å². The van der Waals surface area contributed by atoms with Gasteiger partial charge >= 0.3 is 11.9 Å². The first-order valence-corrected chi connectivity index (χ1v) is 31.7. The number of hydrogen-bond acceptors (Lipinski definition) is 16. The highest BCUT2D eigenvalue weighted by Gasteiger charge is 2.42. The summed E-state index contributed by atoms with van der Waals surface area (Å²) in [5.74, 6) is -13.6. The van der Waals surface area contributed by atoms with Gasteiger partial charge in [-0.2, -0.15) is 0 Å². The number of nitrogens with zero attached hydrogens (tertiary/aromatic N) is 1. The number of amides is 10. The molecular weight excluding hydrogens is 1240 g/mol. The number of carboxylic acid groups (broad SMARTS) is 2. The van der Waals surface area contributed by atoms with Gasteiger partial charge < -0.3 is 90.0 Å². The lowest BCUT2D eigenvalue weighted by atomic mass is 9.99. The molecule has 0 aliphatic carbocycles. The van der Waals surface area contributed by atoms with E-state index in [2.05, 4.69) is 47.5 Å². The van der Waals surface area contributed by atoms with Crippen molar-refractivity contribution in [1.82, 2.24) is 52.4 Å². The molecule has 0 bridgehead atoms. The maximum atomic E-state index is 15.1. The maximum Gasteiger partial charge on any atom is 0.326 e. The number of aliphatic carboxylic acids is 2. The van der Waals surface area contributed by atoms with Gasteiger partial charge in [-0.1, -0.05) is 119 Å². The third-order valence-corrected chi connectivity index (χ3v) is 16.2. The molecule has 0 radical (unpaired) electrons. The number of aromatic hydroxyl groups is 1. The highest BCUT2D eigenvalue weighted by molar-refractivity contribution is 6.00. The molecule has 11 atom stereocenters. The zero-order valence-corrected chi connectivity index (χ0v) is 53.8. The zero-order valence-electron chi connectivity index (χ0n) is 53.8. The van der Waals surface area contributed by atoms with Crippen molar-refractivity contribution < 1.29 is 78.0 Å². The molecule has 1 unspecified atom stereocenters. The second kappa shape index (κ2) is 35.9. The first-order chi connectivity index (χ1) is 45.6. The summed E-state index contributed by atoms with van der Waals surface area (Å²) in [7, 11) is 0. The number of aromatic amines is 1. The van der Waals surface area contributed by atoms with Crippen LogP contribution in [0.15, 0.2) is 115 Å². The van der Waals surface area contributed by atoms with E-state index in [0.29, 0.717) is 34.0 Å². The minimum Gasteiger partial charge on any atom is -0.508 e. The molecule has 1 aromatic heterocycles.